The van der Waals surface area contributed by atoms with Crippen LogP contribution >= 0.6 is 0 Å². The van der Waals surface area contributed by atoms with Gasteiger partial charge in [0.05, 0.1) is 17.3 Å². The van der Waals surface area contributed by atoms with Crippen LogP contribution in [-0.4, -0.2) is 10.6 Å². The fraction of sp³-hybridized carbons (Fsp3) is 0.0476. The topological polar surface area (TPSA) is 8.17 Å². The van der Waals surface area contributed by atoms with Gasteiger partial charge >= 0.3 is 0 Å². The summed E-state index contributed by atoms with van der Waals surface area (Å²) in [5, 5.41) is 9.18. The molecule has 2 unspecified atom stereocenters. The van der Waals surface area contributed by atoms with Crippen molar-refractivity contribution in [3.8, 4) is 16.9 Å². The van der Waals surface area contributed by atoms with Crippen molar-refractivity contribution >= 4 is 54.6 Å². The molecule has 1 aliphatic heterocycles. The lowest BCUT2D eigenvalue weighted by atomic mass is 9.91. The molecule has 2 heteroatoms. The van der Waals surface area contributed by atoms with Gasteiger partial charge in [0.15, 0.2) is 0 Å². The van der Waals surface area contributed by atoms with Crippen molar-refractivity contribution in [3.05, 3.63) is 163 Å². The summed E-state index contributed by atoms with van der Waals surface area (Å²) in [6.45, 7) is 0. The molecule has 8 aromatic rings. The summed E-state index contributed by atoms with van der Waals surface area (Å²) >= 11 is 0. The lowest BCUT2D eigenvalue weighted by molar-refractivity contribution is 0.744. The van der Waals surface area contributed by atoms with Gasteiger partial charge in [0, 0.05) is 33.8 Å². The first-order valence-corrected chi connectivity index (χ1v) is 15.5. The van der Waals surface area contributed by atoms with Gasteiger partial charge < -0.3 is 9.47 Å². The first-order chi connectivity index (χ1) is 21.8. The van der Waals surface area contributed by atoms with Gasteiger partial charge in [-0.15, -0.1) is 0 Å². The maximum Gasteiger partial charge on any atom is 0.0629 e. The Kier molecular flexibility index (Phi) is 4.86. The van der Waals surface area contributed by atoms with E-state index in [2.05, 4.69) is 167 Å². The molecule has 2 atom stereocenters. The average Bonchev–Trinajstić information content (AvgIpc) is 3.66. The van der Waals surface area contributed by atoms with Gasteiger partial charge in [-0.3, -0.25) is 0 Å². The number of nitrogens with zero attached hydrogens (tertiary/aromatic N) is 2. The van der Waals surface area contributed by atoms with Crippen LogP contribution in [0.1, 0.15) is 11.5 Å². The first kappa shape index (κ1) is 23.9. The molecule has 10 rings (SSSR count). The Morgan fingerprint density at radius 3 is 2.00 bits per heavy atom. The van der Waals surface area contributed by atoms with Crippen LogP contribution in [0.2, 0.25) is 0 Å². The molecule has 2 aliphatic rings. The second-order valence-corrected chi connectivity index (χ2v) is 12.1. The lowest BCUT2D eigenvalue weighted by Crippen LogP contribution is -2.28. The summed E-state index contributed by atoms with van der Waals surface area (Å²) in [5.74, 6) is 0.375. The summed E-state index contributed by atoms with van der Waals surface area (Å²) in [6, 6.07) is 49.6. The number of aromatic nitrogens is 1. The van der Waals surface area contributed by atoms with Crippen molar-refractivity contribution in [1.82, 2.24) is 4.57 Å². The third-order valence-electron chi connectivity index (χ3n) is 9.85. The molecule has 2 heterocycles. The van der Waals surface area contributed by atoms with E-state index in [4.69, 9.17) is 0 Å². The third-order valence-corrected chi connectivity index (χ3v) is 9.85. The van der Waals surface area contributed by atoms with E-state index in [0.29, 0.717) is 5.92 Å². The van der Waals surface area contributed by atoms with Gasteiger partial charge in [-0.25, -0.2) is 0 Å². The van der Waals surface area contributed by atoms with Gasteiger partial charge in [-0.1, -0.05) is 121 Å². The first-order valence-electron chi connectivity index (χ1n) is 15.5. The van der Waals surface area contributed by atoms with Crippen molar-refractivity contribution in [2.24, 2.45) is 0 Å². The largest absolute Gasteiger partial charge is 0.333 e. The van der Waals surface area contributed by atoms with Crippen molar-refractivity contribution in [2.45, 2.75) is 12.0 Å². The molecule has 0 amide bonds. The highest BCUT2D eigenvalue weighted by Crippen LogP contribution is 2.48. The Morgan fingerprint density at radius 2 is 1.18 bits per heavy atom. The highest BCUT2D eigenvalue weighted by Gasteiger charge is 2.37. The van der Waals surface area contributed by atoms with Crippen LogP contribution in [0.4, 0.5) is 11.4 Å². The predicted molar refractivity (Wildman–Crippen MR) is 186 cm³/mol. The summed E-state index contributed by atoms with van der Waals surface area (Å²) in [7, 11) is 0. The number of para-hydroxylation sites is 1. The monoisotopic (exact) mass is 560 g/mol. The van der Waals surface area contributed by atoms with E-state index >= 15 is 0 Å². The molecule has 0 fully saturated rings. The molecule has 1 aromatic heterocycles. The smallest absolute Gasteiger partial charge is 0.0629 e. The van der Waals surface area contributed by atoms with Crippen molar-refractivity contribution < 1.29 is 0 Å². The summed E-state index contributed by atoms with van der Waals surface area (Å²) < 4.78 is 2.49. The third kappa shape index (κ3) is 3.20. The highest BCUT2D eigenvalue weighted by atomic mass is 15.2. The molecule has 7 aromatic carbocycles. The van der Waals surface area contributed by atoms with E-state index in [1.807, 2.05) is 0 Å². The zero-order valence-corrected chi connectivity index (χ0v) is 24.1. The normalized spacial score (nSPS) is 17.3. The van der Waals surface area contributed by atoms with Crippen LogP contribution in [0, 0.1) is 0 Å². The Bertz CT molecular complexity index is 2440. The number of rotatable bonds is 3. The second kappa shape index (κ2) is 8.95. The number of hydrogen-bond donors (Lipinski definition) is 0. The van der Waals surface area contributed by atoms with Crippen LogP contribution in [0.15, 0.2) is 158 Å². The molecule has 0 radical (unpaired) electrons. The van der Waals surface area contributed by atoms with Crippen molar-refractivity contribution in [1.29, 1.82) is 0 Å². The molecule has 0 N–H and O–H groups in total. The van der Waals surface area contributed by atoms with Crippen LogP contribution in [0.5, 0.6) is 0 Å². The Hall–Kier alpha value is -5.60. The lowest BCUT2D eigenvalue weighted by Gasteiger charge is -2.29. The molecule has 0 saturated carbocycles. The average molecular weight is 561 g/mol. The summed E-state index contributed by atoms with van der Waals surface area (Å²) in [6.07, 6.45) is 9.05. The fourth-order valence-corrected chi connectivity index (χ4v) is 8.00. The standard InChI is InChI=1S/C42H28N2/c1-2-10-27(11-3-1)39-26-36-34-16-8-12-28-20-21-29-13-9-17-35(41(29)40(28)34)42(36)44(39)31-24-22-30(23-25-31)43-37-18-6-4-14-32(37)33-15-5-7-19-38(33)43/h1-26,32,37H. The molecule has 206 valence electrons. The number of hydrogen-bond acceptors (Lipinski definition) is 1. The van der Waals surface area contributed by atoms with Gasteiger partial charge in [-0.05, 0) is 74.5 Å². The second-order valence-electron chi connectivity index (χ2n) is 12.1. The molecule has 0 bridgehead atoms. The Labute approximate surface area is 255 Å². The van der Waals surface area contributed by atoms with Gasteiger partial charge in [-0.2, -0.15) is 0 Å². The SMILES string of the molecule is C1=CC2c3ccccc3N(c3ccc(-n4c(-c5ccccc5)cc5c6cccc7ccc8cccc(c8c76)c54)cc3)C2C=C1. The molecule has 2 nitrogen and oxygen atoms in total. The molecular formula is C42H28N2. The van der Waals surface area contributed by atoms with Crippen LogP contribution in [0.25, 0.3) is 60.2 Å². The maximum atomic E-state index is 2.50. The maximum absolute atomic E-state index is 2.50. The number of anilines is 2. The minimum Gasteiger partial charge on any atom is -0.333 e. The molecule has 44 heavy (non-hydrogen) atoms. The molecule has 1 aliphatic carbocycles. The van der Waals surface area contributed by atoms with E-state index in [0.717, 1.165) is 0 Å². The van der Waals surface area contributed by atoms with Crippen molar-refractivity contribution in [2.75, 3.05) is 4.90 Å². The number of fused-ring (bicyclic) bond motifs is 6. The minimum absolute atomic E-state index is 0.289. The summed E-state index contributed by atoms with van der Waals surface area (Å²) in [5.41, 5.74) is 8.76. The Morgan fingerprint density at radius 1 is 0.500 bits per heavy atom. The van der Waals surface area contributed by atoms with Gasteiger partial charge in [0.1, 0.15) is 0 Å². The van der Waals surface area contributed by atoms with E-state index in [9.17, 15) is 0 Å². The highest BCUT2D eigenvalue weighted by molar-refractivity contribution is 6.33. The van der Waals surface area contributed by atoms with Crippen LogP contribution in [0.3, 0.4) is 0 Å². The van der Waals surface area contributed by atoms with Gasteiger partial charge in [0.25, 0.3) is 0 Å². The number of allylic oxidation sites excluding steroid dienone is 2. The summed E-state index contributed by atoms with van der Waals surface area (Å²) in [4.78, 5) is 2.50. The zero-order valence-electron chi connectivity index (χ0n) is 24.1. The zero-order chi connectivity index (χ0) is 28.8. The van der Waals surface area contributed by atoms with Crippen molar-refractivity contribution in [3.63, 3.8) is 0 Å². The molecule has 0 spiro atoms. The minimum atomic E-state index is 0.289. The quantitative estimate of drug-likeness (QED) is 0.195. The van der Waals surface area contributed by atoms with Crippen LogP contribution < -0.4 is 4.90 Å². The fourth-order valence-electron chi connectivity index (χ4n) is 8.00. The predicted octanol–water partition coefficient (Wildman–Crippen LogP) is 10.9. The van der Waals surface area contributed by atoms with E-state index in [-0.39, 0.29) is 6.04 Å². The van der Waals surface area contributed by atoms with E-state index in [1.54, 1.807) is 0 Å². The van der Waals surface area contributed by atoms with E-state index < -0.39 is 0 Å². The molecule has 0 saturated heterocycles. The number of benzene rings is 7. The van der Waals surface area contributed by atoms with Gasteiger partial charge in [0.2, 0.25) is 0 Å². The van der Waals surface area contributed by atoms with E-state index in [1.165, 1.54) is 77.1 Å². The molecular weight excluding hydrogens is 532 g/mol. The van der Waals surface area contributed by atoms with Crippen LogP contribution in [-0.2, 0) is 0 Å². The Balaban J connectivity index is 1.24.